The molecule has 0 aromatic heterocycles. The van der Waals surface area contributed by atoms with Crippen molar-refractivity contribution in [1.82, 2.24) is 0 Å². The van der Waals surface area contributed by atoms with Gasteiger partial charge in [-0.05, 0) is 39.2 Å². The fraction of sp³-hybridized carbons (Fsp3) is 0.538. The molecule has 7 heteroatoms. The van der Waals surface area contributed by atoms with Gasteiger partial charge in [0.25, 0.3) is 5.69 Å². The van der Waals surface area contributed by atoms with Gasteiger partial charge in [-0.25, -0.2) is 8.42 Å². The molecule has 20 heavy (non-hydrogen) atoms. The number of rotatable bonds is 2. The van der Waals surface area contributed by atoms with Crippen molar-refractivity contribution < 1.29 is 13.3 Å². The molecule has 0 radical (unpaired) electrons. The van der Waals surface area contributed by atoms with Crippen LogP contribution in [-0.4, -0.2) is 24.6 Å². The molecule has 0 bridgehead atoms. The lowest BCUT2D eigenvalue weighted by Crippen LogP contribution is -2.45. The first kappa shape index (κ1) is 14.8. The highest BCUT2D eigenvalue weighted by molar-refractivity contribution is 7.94. The van der Waals surface area contributed by atoms with Gasteiger partial charge in [0.2, 0.25) is 10.0 Å². The third kappa shape index (κ3) is 2.37. The van der Waals surface area contributed by atoms with E-state index in [0.29, 0.717) is 12.2 Å². The van der Waals surface area contributed by atoms with Gasteiger partial charge >= 0.3 is 0 Å². The first-order chi connectivity index (χ1) is 9.14. The van der Waals surface area contributed by atoms with E-state index < -0.39 is 19.7 Å². The average molecular weight is 298 g/mol. The van der Waals surface area contributed by atoms with Crippen LogP contribution in [-0.2, 0) is 16.4 Å². The highest BCUT2D eigenvalue weighted by Gasteiger charge is 2.37. The van der Waals surface area contributed by atoms with Crippen LogP contribution >= 0.6 is 0 Å². The Morgan fingerprint density at radius 3 is 2.50 bits per heavy atom. The van der Waals surface area contributed by atoms with Gasteiger partial charge in [0.05, 0.1) is 15.4 Å². The molecule has 0 amide bonds. The fourth-order valence-electron chi connectivity index (χ4n) is 2.22. The van der Waals surface area contributed by atoms with Crippen LogP contribution in [0.15, 0.2) is 18.2 Å². The van der Waals surface area contributed by atoms with Gasteiger partial charge in [-0.15, -0.1) is 0 Å². The summed E-state index contributed by atoms with van der Waals surface area (Å²) in [6.45, 7) is 5.27. The monoisotopic (exact) mass is 298 g/mol. The van der Waals surface area contributed by atoms with E-state index in [9.17, 15) is 18.5 Å². The van der Waals surface area contributed by atoms with Crippen LogP contribution in [0.5, 0.6) is 0 Å². The molecule has 0 saturated heterocycles. The Labute approximate surface area is 118 Å². The predicted octanol–water partition coefficient (Wildman–Crippen LogP) is 2.48. The zero-order chi connectivity index (χ0) is 15.1. The number of benzene rings is 1. The molecule has 1 heterocycles. The maximum Gasteiger partial charge on any atom is 0.271 e. The minimum Gasteiger partial charge on any atom is -0.269 e. The summed E-state index contributed by atoms with van der Waals surface area (Å²) >= 11 is 0. The van der Waals surface area contributed by atoms with Gasteiger partial charge in [0.1, 0.15) is 0 Å². The smallest absolute Gasteiger partial charge is 0.269 e. The van der Waals surface area contributed by atoms with Crippen molar-refractivity contribution in [3.8, 4) is 0 Å². The lowest BCUT2D eigenvalue weighted by Gasteiger charge is -2.35. The van der Waals surface area contributed by atoms with Crippen LogP contribution < -0.4 is 4.31 Å². The standard InChI is InChI=1S/C13H18N2O4S/c1-13(2,3)20(18,19)14-8-4-5-10-6-7-11(15(16)17)9-12(10)14/h6-7,9H,4-5,8H2,1-3H3. The number of nitro groups is 1. The number of hydrogen-bond acceptors (Lipinski definition) is 4. The Kier molecular flexibility index (Phi) is 3.49. The molecule has 6 nitrogen and oxygen atoms in total. The SMILES string of the molecule is CC(C)(C)S(=O)(=O)N1CCCc2ccc([N+](=O)[O-])cc21. The summed E-state index contributed by atoms with van der Waals surface area (Å²) in [7, 11) is -3.54. The largest absolute Gasteiger partial charge is 0.271 e. The van der Waals surface area contributed by atoms with E-state index in [1.807, 2.05) is 0 Å². The van der Waals surface area contributed by atoms with Crippen LogP contribution in [0.1, 0.15) is 32.8 Å². The summed E-state index contributed by atoms with van der Waals surface area (Å²) in [5.74, 6) is 0. The Balaban J connectivity index is 2.57. The molecule has 0 aliphatic carbocycles. The van der Waals surface area contributed by atoms with Crippen LogP contribution in [0.2, 0.25) is 0 Å². The lowest BCUT2D eigenvalue weighted by molar-refractivity contribution is -0.384. The molecule has 110 valence electrons. The number of sulfonamides is 1. The first-order valence-corrected chi connectivity index (χ1v) is 7.88. The number of nitrogens with zero attached hydrogens (tertiary/aromatic N) is 2. The maximum atomic E-state index is 12.6. The molecule has 1 aromatic carbocycles. The number of aryl methyl sites for hydroxylation is 1. The minimum atomic E-state index is -3.54. The van der Waals surface area contributed by atoms with Crippen molar-refractivity contribution in [2.45, 2.75) is 38.4 Å². The minimum absolute atomic E-state index is 0.0836. The first-order valence-electron chi connectivity index (χ1n) is 6.44. The summed E-state index contributed by atoms with van der Waals surface area (Å²) in [5, 5.41) is 10.9. The molecule has 1 aliphatic heterocycles. The van der Waals surface area contributed by atoms with Crippen LogP contribution in [0.25, 0.3) is 0 Å². The Morgan fingerprint density at radius 1 is 1.30 bits per heavy atom. The topological polar surface area (TPSA) is 80.5 Å². The van der Waals surface area contributed by atoms with Gasteiger partial charge in [-0.1, -0.05) is 6.07 Å². The van der Waals surface area contributed by atoms with Gasteiger partial charge in [0, 0.05) is 18.7 Å². The van der Waals surface area contributed by atoms with Crippen LogP contribution in [0.4, 0.5) is 11.4 Å². The highest BCUT2D eigenvalue weighted by atomic mass is 32.2. The Hall–Kier alpha value is -1.63. The summed E-state index contributed by atoms with van der Waals surface area (Å²) in [6, 6.07) is 4.43. The van der Waals surface area contributed by atoms with Crippen molar-refractivity contribution in [2.75, 3.05) is 10.8 Å². The molecule has 1 aliphatic rings. The van der Waals surface area contributed by atoms with Crippen molar-refractivity contribution in [3.05, 3.63) is 33.9 Å². The van der Waals surface area contributed by atoms with Gasteiger partial charge in [-0.3, -0.25) is 14.4 Å². The van der Waals surface area contributed by atoms with Crippen molar-refractivity contribution in [1.29, 1.82) is 0 Å². The molecule has 1 aromatic rings. The molecule has 0 unspecified atom stereocenters. The zero-order valence-electron chi connectivity index (χ0n) is 11.8. The van der Waals surface area contributed by atoms with Crippen molar-refractivity contribution >= 4 is 21.4 Å². The van der Waals surface area contributed by atoms with E-state index >= 15 is 0 Å². The van der Waals surface area contributed by atoms with Crippen LogP contribution in [0, 0.1) is 10.1 Å². The molecule has 0 fully saturated rings. The quantitative estimate of drug-likeness (QED) is 0.620. The Morgan fingerprint density at radius 2 is 1.95 bits per heavy atom. The number of non-ortho nitro benzene ring substituents is 1. The average Bonchev–Trinajstić information content (AvgIpc) is 2.35. The summed E-state index contributed by atoms with van der Waals surface area (Å²) < 4.78 is 25.6. The van der Waals surface area contributed by atoms with Crippen molar-refractivity contribution in [2.24, 2.45) is 0 Å². The van der Waals surface area contributed by atoms with E-state index in [1.54, 1.807) is 26.8 Å². The lowest BCUT2D eigenvalue weighted by atomic mass is 10.0. The third-order valence-electron chi connectivity index (χ3n) is 3.42. The zero-order valence-corrected chi connectivity index (χ0v) is 12.6. The van der Waals surface area contributed by atoms with Crippen LogP contribution in [0.3, 0.4) is 0 Å². The molecule has 2 rings (SSSR count). The molecule has 0 spiro atoms. The third-order valence-corrected chi connectivity index (χ3v) is 5.93. The number of nitro benzene ring substituents is 1. The fourth-order valence-corrected chi connectivity index (χ4v) is 3.68. The van der Waals surface area contributed by atoms with Gasteiger partial charge in [0.15, 0.2) is 0 Å². The van der Waals surface area contributed by atoms with E-state index in [-0.39, 0.29) is 5.69 Å². The predicted molar refractivity (Wildman–Crippen MR) is 77.4 cm³/mol. The van der Waals surface area contributed by atoms with E-state index in [0.717, 1.165) is 18.4 Å². The summed E-state index contributed by atoms with van der Waals surface area (Å²) in [4.78, 5) is 10.4. The van der Waals surface area contributed by atoms with Gasteiger partial charge in [-0.2, -0.15) is 0 Å². The van der Waals surface area contributed by atoms with E-state index in [4.69, 9.17) is 0 Å². The molecule has 0 N–H and O–H groups in total. The summed E-state index contributed by atoms with van der Waals surface area (Å²) in [5.41, 5.74) is 1.20. The number of fused-ring (bicyclic) bond motifs is 1. The Bertz CT molecular complexity index is 647. The maximum absolute atomic E-state index is 12.6. The second kappa shape index (κ2) is 4.73. The molecular formula is C13H18N2O4S. The molecule has 0 atom stereocenters. The number of hydrogen-bond donors (Lipinski definition) is 0. The highest BCUT2D eigenvalue weighted by Crippen LogP contribution is 2.35. The second-order valence-corrected chi connectivity index (χ2v) is 8.48. The van der Waals surface area contributed by atoms with Crippen molar-refractivity contribution in [3.63, 3.8) is 0 Å². The molecule has 0 saturated carbocycles. The van der Waals surface area contributed by atoms with E-state index in [1.165, 1.54) is 16.4 Å². The normalized spacial score (nSPS) is 15.8. The second-order valence-electron chi connectivity index (χ2n) is 5.86. The van der Waals surface area contributed by atoms with Gasteiger partial charge < -0.3 is 0 Å². The number of anilines is 1. The molecular weight excluding hydrogens is 280 g/mol. The van der Waals surface area contributed by atoms with E-state index in [2.05, 4.69) is 0 Å². The summed E-state index contributed by atoms with van der Waals surface area (Å²) in [6.07, 6.45) is 1.46.